The van der Waals surface area contributed by atoms with Crippen LogP contribution in [0, 0.1) is 11.6 Å². The van der Waals surface area contributed by atoms with Crippen molar-refractivity contribution in [1.82, 2.24) is 19.6 Å². The predicted molar refractivity (Wildman–Crippen MR) is 113 cm³/mol. The van der Waals surface area contributed by atoms with Crippen molar-refractivity contribution in [2.45, 2.75) is 26.1 Å². The molecule has 2 aromatic heterocycles. The summed E-state index contributed by atoms with van der Waals surface area (Å²) in [6.07, 6.45) is -3.65. The largest absolute Gasteiger partial charge is 0.491 e. The van der Waals surface area contributed by atoms with E-state index in [-0.39, 0.29) is 24.7 Å². The van der Waals surface area contributed by atoms with Crippen LogP contribution in [0.25, 0.3) is 16.9 Å². The molecule has 8 nitrogen and oxygen atoms in total. The first-order valence-corrected chi connectivity index (χ1v) is 10.5. The maximum Gasteiger partial charge on any atom is 0.408 e. The van der Waals surface area contributed by atoms with E-state index in [0.29, 0.717) is 19.8 Å². The van der Waals surface area contributed by atoms with Crippen molar-refractivity contribution in [3.8, 4) is 16.9 Å². The van der Waals surface area contributed by atoms with Gasteiger partial charge in [0.05, 0.1) is 30.9 Å². The van der Waals surface area contributed by atoms with Crippen LogP contribution in [0.15, 0.2) is 18.5 Å². The molecule has 1 N–H and O–H groups in total. The first kappa shape index (κ1) is 25.8. The molecule has 3 aromatic rings. The fourth-order valence-electron chi connectivity index (χ4n) is 2.91. The molecule has 0 aliphatic heterocycles. The lowest BCUT2D eigenvalue weighted by Gasteiger charge is -2.21. The maximum absolute atomic E-state index is 15.0. The Hall–Kier alpha value is -2.77. The Morgan fingerprint density at radius 1 is 1.06 bits per heavy atom. The van der Waals surface area contributed by atoms with Gasteiger partial charge in [-0.1, -0.05) is 11.6 Å². The summed E-state index contributed by atoms with van der Waals surface area (Å²) in [6, 6.07) is -0.330. The quantitative estimate of drug-likeness (QED) is 0.231. The summed E-state index contributed by atoms with van der Waals surface area (Å²) in [5, 5.41) is 5.50. The summed E-state index contributed by atoms with van der Waals surface area (Å²) in [5.74, 6) is -2.98. The number of ether oxygens (including phenoxy) is 3. The van der Waals surface area contributed by atoms with Crippen LogP contribution < -0.4 is 10.1 Å². The topological polar surface area (TPSA) is 82.8 Å². The van der Waals surface area contributed by atoms with Gasteiger partial charge >= 0.3 is 6.18 Å². The number of nitrogens with zero attached hydrogens (tertiary/aromatic N) is 4. The number of hydrogen-bond donors (Lipinski definition) is 1. The highest BCUT2D eigenvalue weighted by Gasteiger charge is 2.37. The lowest BCUT2D eigenvalue weighted by Crippen LogP contribution is -2.34. The van der Waals surface area contributed by atoms with Crippen molar-refractivity contribution in [3.63, 3.8) is 0 Å². The van der Waals surface area contributed by atoms with Crippen LogP contribution in [0.5, 0.6) is 5.75 Å². The molecule has 3 rings (SSSR count). The number of aromatic nitrogens is 4. The summed E-state index contributed by atoms with van der Waals surface area (Å²) >= 11 is 6.13. The van der Waals surface area contributed by atoms with E-state index in [1.807, 2.05) is 6.92 Å². The molecule has 0 fully saturated rings. The molecule has 186 valence electrons. The van der Waals surface area contributed by atoms with Gasteiger partial charge in [-0.15, -0.1) is 0 Å². The molecule has 34 heavy (non-hydrogen) atoms. The molecular formula is C20H21ClF5N5O3. The second-order valence-corrected chi connectivity index (χ2v) is 7.28. The Labute approximate surface area is 196 Å². The Kier molecular flexibility index (Phi) is 8.44. The SMILES string of the molecule is CCOCCOCCOc1cc(F)c(-c2c(Cl)nc3ncnn3c2NC(C)C(F)(F)F)c(F)c1. The summed E-state index contributed by atoms with van der Waals surface area (Å²) < 4.78 is 86.2. The number of halogens is 6. The number of nitrogens with one attached hydrogen (secondary N) is 1. The third kappa shape index (κ3) is 6.02. The van der Waals surface area contributed by atoms with E-state index in [1.54, 1.807) is 0 Å². The van der Waals surface area contributed by atoms with E-state index < -0.39 is 46.0 Å². The van der Waals surface area contributed by atoms with Crippen molar-refractivity contribution in [2.24, 2.45) is 0 Å². The molecule has 0 aliphatic rings. The summed E-state index contributed by atoms with van der Waals surface area (Å²) in [6.45, 7) is 4.14. The van der Waals surface area contributed by atoms with Crippen LogP contribution >= 0.6 is 11.6 Å². The Balaban J connectivity index is 1.90. The van der Waals surface area contributed by atoms with E-state index in [9.17, 15) is 13.2 Å². The van der Waals surface area contributed by atoms with Crippen LogP contribution in [0.3, 0.4) is 0 Å². The highest BCUT2D eigenvalue weighted by molar-refractivity contribution is 6.33. The van der Waals surface area contributed by atoms with E-state index in [0.717, 1.165) is 29.9 Å². The van der Waals surface area contributed by atoms with Gasteiger partial charge in [-0.2, -0.15) is 32.8 Å². The number of hydrogen-bond acceptors (Lipinski definition) is 7. The van der Waals surface area contributed by atoms with Gasteiger partial charge < -0.3 is 19.5 Å². The molecule has 0 amide bonds. The molecule has 0 aliphatic carbocycles. The summed E-state index contributed by atoms with van der Waals surface area (Å²) in [7, 11) is 0. The van der Waals surface area contributed by atoms with Gasteiger partial charge in [0.15, 0.2) is 0 Å². The smallest absolute Gasteiger partial charge is 0.408 e. The van der Waals surface area contributed by atoms with Crippen LogP contribution in [-0.4, -0.2) is 64.8 Å². The summed E-state index contributed by atoms with van der Waals surface area (Å²) in [4.78, 5) is 7.66. The van der Waals surface area contributed by atoms with Crippen LogP contribution in [0.1, 0.15) is 13.8 Å². The third-order valence-corrected chi connectivity index (χ3v) is 4.84. The molecule has 1 atom stereocenters. The van der Waals surface area contributed by atoms with Crippen LogP contribution in [-0.2, 0) is 9.47 Å². The molecule has 2 heterocycles. The van der Waals surface area contributed by atoms with Gasteiger partial charge in [0.25, 0.3) is 5.78 Å². The monoisotopic (exact) mass is 509 g/mol. The number of fused-ring (bicyclic) bond motifs is 1. The Morgan fingerprint density at radius 3 is 2.35 bits per heavy atom. The minimum Gasteiger partial charge on any atom is -0.491 e. The van der Waals surface area contributed by atoms with Crippen molar-refractivity contribution in [3.05, 3.63) is 35.2 Å². The highest BCUT2D eigenvalue weighted by Crippen LogP contribution is 2.39. The zero-order chi connectivity index (χ0) is 24.9. The second-order valence-electron chi connectivity index (χ2n) is 6.93. The fraction of sp³-hybridized carbons (Fsp3) is 0.450. The lowest BCUT2D eigenvalue weighted by molar-refractivity contribution is -0.138. The predicted octanol–water partition coefficient (Wildman–Crippen LogP) is 4.52. The van der Waals surface area contributed by atoms with Gasteiger partial charge in [0, 0.05) is 18.7 Å². The van der Waals surface area contributed by atoms with Crippen LogP contribution in [0.4, 0.5) is 27.8 Å². The number of rotatable bonds is 11. The van der Waals surface area contributed by atoms with Gasteiger partial charge in [0.2, 0.25) is 0 Å². The minimum absolute atomic E-state index is 0.00742. The Morgan fingerprint density at radius 2 is 1.71 bits per heavy atom. The molecule has 1 unspecified atom stereocenters. The second kappa shape index (κ2) is 11.1. The average Bonchev–Trinajstić information content (AvgIpc) is 3.22. The average molecular weight is 510 g/mol. The van der Waals surface area contributed by atoms with Gasteiger partial charge in [-0.25, -0.2) is 8.78 Å². The van der Waals surface area contributed by atoms with Crippen LogP contribution in [0.2, 0.25) is 5.15 Å². The number of benzene rings is 1. The number of anilines is 1. The van der Waals surface area contributed by atoms with E-state index in [1.165, 1.54) is 0 Å². The molecule has 1 aromatic carbocycles. The van der Waals surface area contributed by atoms with Crippen molar-refractivity contribution in [2.75, 3.05) is 38.4 Å². The maximum atomic E-state index is 15.0. The van der Waals surface area contributed by atoms with Crippen molar-refractivity contribution >= 4 is 23.2 Å². The molecule has 0 radical (unpaired) electrons. The first-order valence-electron chi connectivity index (χ1n) is 10.1. The molecular weight excluding hydrogens is 489 g/mol. The Bertz CT molecular complexity index is 1100. The molecule has 0 bridgehead atoms. The zero-order valence-corrected chi connectivity index (χ0v) is 18.9. The third-order valence-electron chi connectivity index (χ3n) is 4.57. The van der Waals surface area contributed by atoms with Gasteiger partial charge in [0.1, 0.15) is 47.3 Å². The molecule has 0 spiro atoms. The minimum atomic E-state index is -4.67. The zero-order valence-electron chi connectivity index (χ0n) is 18.1. The molecule has 14 heteroatoms. The van der Waals surface area contributed by atoms with Crippen molar-refractivity contribution < 1.29 is 36.2 Å². The lowest BCUT2D eigenvalue weighted by atomic mass is 10.1. The van der Waals surface area contributed by atoms with Gasteiger partial charge in [-0.3, -0.25) is 0 Å². The van der Waals surface area contributed by atoms with E-state index in [4.69, 9.17) is 25.8 Å². The van der Waals surface area contributed by atoms with E-state index >= 15 is 8.78 Å². The fourth-order valence-corrected chi connectivity index (χ4v) is 3.17. The molecule has 0 saturated carbocycles. The van der Waals surface area contributed by atoms with Crippen molar-refractivity contribution in [1.29, 1.82) is 0 Å². The van der Waals surface area contributed by atoms with Gasteiger partial charge in [-0.05, 0) is 13.8 Å². The number of alkyl halides is 3. The first-order chi connectivity index (χ1) is 16.1. The molecule has 0 saturated heterocycles. The normalized spacial score (nSPS) is 12.8. The summed E-state index contributed by atoms with van der Waals surface area (Å²) in [5.41, 5.74) is -1.15. The highest BCUT2D eigenvalue weighted by atomic mass is 35.5. The standard InChI is InChI=1S/C20H21ClF5N5O3/c1-3-32-4-5-33-6-7-34-12-8-13(22)15(14(23)9-12)16-17(21)30-19-27-10-28-31(19)18(16)29-11(2)20(24,25)26/h8-11,29H,3-7H2,1-2H3. The van der Waals surface area contributed by atoms with E-state index in [2.05, 4.69) is 20.4 Å².